The third-order valence-corrected chi connectivity index (χ3v) is 29.7. The molecular weight excluding hydrogens is 1980 g/mol. The van der Waals surface area contributed by atoms with Crippen LogP contribution in [0.25, 0.3) is 66.9 Å². The molecule has 24 N–H and O–H groups in total. The Labute approximate surface area is 764 Å². The topological polar surface area (TPSA) is 890 Å². The standard InChI is InChI=1S/C22H25N9O14P2.C22H26N8O10P2S2.C21H26N10O12P2/c1-7(32)10-11-17(25-4-24-10)30(5-26-11)20-14(34)15-9(43-20)3-41-47(38,39)45-16-13(33)8(2-40-46(36,37)44-15)42-21(16)31-6-27-12-18(31)28-22(23)29-19(12)35;23-11-1-3-25-17-10(11)2-4-29(17)21-15(31)16-13(38-21)7-36-41(33,43)39-12-5-9(6-35-42(34,44)40-16)37-20(12)30-8-26-14-18(30)27-22(24)28-19(14)32;22-7-1-2-25-16-11(7)26-5-30(16)19-13(32)14-9(41-19)4-39-45(36,37)43-15-10(23)8(3-38-44(34,35)42-14)40-20(15)31-6-27-12-17(31)28-21(24)29-18(12)33/h4-6,8-9,13-16,20-21,33-34H,2-3H2,1H3,(H,36,37)(H,38,39)(H3,23,28,29,35);1-4,8-9,12-13,15-16,20-21,31H,5-7H2,(H2,23,25)(H,33,43)(H,34,44)(H3,24,27,28,32);1-2,5-6,8-10,13-15,19-20,32H,3-4,23H2,(H2,22,25)(H,34,35)(H,36,37)(H3,24,28,29,33)/t8-,9-,13-,14-,15-,16-,20-,21-;9?,12-,13-,15-,16-,20-,21-,41?,42?;8-,9-,10-,13-,14-,15-,19-,20?/m111/s1. The molecule has 21 rings (SSSR count). The van der Waals surface area contributed by atoms with Gasteiger partial charge in [-0.05, 0) is 30.0 Å². The van der Waals surface area contributed by atoms with Gasteiger partial charge in [-0.1, -0.05) is 12.2 Å². The number of phosphoric ester groups is 4. The molecule has 29 atom stereocenters. The molecule has 730 valence electrons. The summed E-state index contributed by atoms with van der Waals surface area (Å²) in [6, 6.07) is 3.60. The molecule has 0 aromatic carbocycles. The van der Waals surface area contributed by atoms with E-state index in [1.54, 1.807) is 22.9 Å². The summed E-state index contributed by atoms with van der Waals surface area (Å²) in [4.78, 5) is 159. The average Bonchev–Trinajstić information content (AvgIpc) is 1.61. The Bertz CT molecular complexity index is 7200. The van der Waals surface area contributed by atoms with Crippen molar-refractivity contribution in [3.8, 4) is 0 Å². The van der Waals surface area contributed by atoms with Crippen molar-refractivity contribution in [3.63, 3.8) is 0 Å². The van der Waals surface area contributed by atoms with Crippen LogP contribution in [0.1, 0.15) is 61.2 Å². The second kappa shape index (κ2) is 36.4. The minimum atomic E-state index is -5.15. The van der Waals surface area contributed by atoms with Crippen LogP contribution in [0.15, 0.2) is 89.1 Å². The highest BCUT2D eigenvalue weighted by Gasteiger charge is 2.58. The molecule has 9 aliphatic heterocycles. The van der Waals surface area contributed by atoms with E-state index in [-0.39, 0.29) is 86.9 Å². The number of aromatic nitrogens is 21. The lowest BCUT2D eigenvalue weighted by atomic mass is 10.1. The Morgan fingerprint density at radius 2 is 0.824 bits per heavy atom. The number of rotatable bonds is 7. The maximum atomic E-state index is 13.5. The molecule has 9 fully saturated rings. The summed E-state index contributed by atoms with van der Waals surface area (Å²) in [5, 5.41) is 45.3. The molecular formula is C65H77N27O36P6S2. The van der Waals surface area contributed by atoms with Gasteiger partial charge >= 0.3 is 44.8 Å². The molecule has 6 bridgehead atoms. The summed E-state index contributed by atoms with van der Waals surface area (Å²) in [7, 11) is -20.3. The molecule has 9 saturated heterocycles. The van der Waals surface area contributed by atoms with Crippen LogP contribution in [0.3, 0.4) is 0 Å². The van der Waals surface area contributed by atoms with Gasteiger partial charge in [-0.15, -0.1) is 0 Å². The van der Waals surface area contributed by atoms with Gasteiger partial charge in [0, 0.05) is 43.0 Å². The number of aliphatic hydroxyl groups excluding tert-OH is 4. The number of pyridine rings is 2. The number of thiol groups is 1. The fraction of sp³-hybridized carbons (Fsp3) is 0.477. The van der Waals surface area contributed by atoms with Crippen molar-refractivity contribution in [1.82, 2.24) is 102 Å². The number of aromatic amines is 3. The van der Waals surface area contributed by atoms with E-state index in [9.17, 15) is 86.9 Å². The molecule has 0 spiro atoms. The fourth-order valence-electron chi connectivity index (χ4n) is 16.5. The van der Waals surface area contributed by atoms with Gasteiger partial charge in [-0.25, -0.2) is 67.7 Å². The van der Waals surface area contributed by atoms with Gasteiger partial charge in [-0.3, -0.25) is 107 Å². The van der Waals surface area contributed by atoms with E-state index >= 15 is 0 Å². The summed E-state index contributed by atoms with van der Waals surface area (Å²) in [6.45, 7) is -10.8. The van der Waals surface area contributed by atoms with Crippen molar-refractivity contribution in [2.24, 2.45) is 5.73 Å². The normalized spacial score (nSPS) is 36.9. The number of nitrogens with zero attached hydrogens (tertiary/aromatic N) is 18. The average molecular weight is 2060 g/mol. The van der Waals surface area contributed by atoms with Crippen LogP contribution in [0.4, 0.5) is 29.2 Å². The molecule has 0 radical (unpaired) electrons. The van der Waals surface area contributed by atoms with E-state index in [1.807, 2.05) is 0 Å². The van der Waals surface area contributed by atoms with Gasteiger partial charge in [0.05, 0.1) is 89.1 Å². The van der Waals surface area contributed by atoms with Crippen LogP contribution in [0, 0.1) is 0 Å². The van der Waals surface area contributed by atoms with Crippen molar-refractivity contribution in [2.45, 2.75) is 154 Å². The number of hydrogen-bond acceptors (Lipinski definition) is 50. The zero-order chi connectivity index (χ0) is 96.2. The van der Waals surface area contributed by atoms with Gasteiger partial charge in [0.15, 0.2) is 87.9 Å². The first-order valence-electron chi connectivity index (χ1n) is 39.9. The number of carbonyl (C=O) groups is 1. The Balaban J connectivity index is 0.000000131. The minimum Gasteiger partial charge on any atom is -0.398 e. The van der Waals surface area contributed by atoms with Crippen LogP contribution >= 0.6 is 57.1 Å². The van der Waals surface area contributed by atoms with Crippen LogP contribution in [-0.2, 0) is 117 Å². The quantitative estimate of drug-likeness (QED) is 0.0444. The number of nitrogen functional groups attached to an aromatic ring is 5. The molecule has 136 heavy (non-hydrogen) atoms. The van der Waals surface area contributed by atoms with Crippen LogP contribution in [-0.4, -0.2) is 296 Å². The summed E-state index contributed by atoms with van der Waals surface area (Å²) in [5.41, 5.74) is 34.8. The minimum absolute atomic E-state index is 0.00823. The molecule has 12 aromatic rings. The van der Waals surface area contributed by atoms with Gasteiger partial charge < -0.3 is 117 Å². The monoisotopic (exact) mass is 2060 g/mol. The van der Waals surface area contributed by atoms with E-state index in [2.05, 4.69) is 87.0 Å². The molecule has 71 heteroatoms. The number of H-pyrrole nitrogens is 3. The smallest absolute Gasteiger partial charge is 0.398 e. The summed E-state index contributed by atoms with van der Waals surface area (Å²) < 4.78 is 174. The van der Waals surface area contributed by atoms with Gasteiger partial charge in [0.2, 0.25) is 17.8 Å². The maximum Gasteiger partial charge on any atom is 0.472 e. The summed E-state index contributed by atoms with van der Waals surface area (Å²) >= 11 is 9.44. The number of ketones is 1. The lowest BCUT2D eigenvalue weighted by molar-refractivity contribution is -0.0672. The Kier molecular flexibility index (Phi) is 25.5. The van der Waals surface area contributed by atoms with Crippen LogP contribution < -0.4 is 51.1 Å². The number of aliphatic hydroxyl groups is 4. The first kappa shape index (κ1) is 95.5. The number of carbonyl (C=O) groups excluding carboxylic acids is 1. The molecule has 63 nitrogen and oxygen atoms in total. The van der Waals surface area contributed by atoms with Gasteiger partial charge in [0.1, 0.15) is 120 Å². The van der Waals surface area contributed by atoms with Crippen molar-refractivity contribution in [1.29, 1.82) is 0 Å². The third-order valence-electron chi connectivity index (χ3n) is 22.6. The van der Waals surface area contributed by atoms with Crippen molar-refractivity contribution >= 4 is 171 Å². The highest BCUT2D eigenvalue weighted by molar-refractivity contribution is 8.44. The Hall–Kier alpha value is -9.39. The van der Waals surface area contributed by atoms with Crippen molar-refractivity contribution < 1.29 is 155 Å². The van der Waals surface area contributed by atoms with E-state index in [0.717, 1.165) is 23.5 Å². The van der Waals surface area contributed by atoms with Crippen molar-refractivity contribution in [3.05, 3.63) is 112 Å². The number of nitrogens with one attached hydrogen (secondary N) is 3. The molecule has 8 unspecified atom stereocenters. The molecule has 21 heterocycles. The van der Waals surface area contributed by atoms with Crippen molar-refractivity contribution in [2.75, 3.05) is 68.3 Å². The molecule has 0 saturated carbocycles. The number of imidazole rings is 5. The third kappa shape index (κ3) is 18.5. The van der Waals surface area contributed by atoms with Crippen LogP contribution in [0.2, 0.25) is 0 Å². The predicted molar refractivity (Wildman–Crippen MR) is 457 cm³/mol. The zero-order valence-corrected chi connectivity index (χ0v) is 75.8. The molecule has 9 aliphatic rings. The van der Waals surface area contributed by atoms with Gasteiger partial charge in [-0.2, -0.15) is 15.0 Å². The second-order valence-corrected chi connectivity index (χ2v) is 42.6. The number of nitrogens with two attached hydrogens (primary N) is 6. The van der Waals surface area contributed by atoms with E-state index in [0.29, 0.717) is 27.9 Å². The number of ether oxygens (including phenoxy) is 6. The number of Topliss-reactive ketones (excluding diaryl/α,β-unsaturated/α-hetero) is 1. The lowest BCUT2D eigenvalue weighted by Gasteiger charge is -2.27. The SMILES string of the molecule is CC(=O)c1ncnc2c1ncn2[C@@H]1O[C@@H]2COP(=O)(O)O[C@@H]3[C@H](O)[C@@H](COP(=O)(O)O[C@H]2[C@H]1O)O[C@H]3n1cnc2c(=O)[nH]c(N)nc21.Nc1nc2c(ncn2C2O[C@@H]3COP(=O)(O)O[C@H]4[C@@H](O)[C@H](n5cnc6c(N)ccnc65)O[C@@H]4COP(=O)(O)O[C@@H]2[C@@H]3N)c(=O)[nH]1.Nc1nc2c(ncn2[C@@H]2OC3COP(O)(=S)O[C@H]4[C@@H](O)[C@H](n5ccc6c(N)ccnc65)O[C@@H]4COP(=O)(S)O[C@@H]2C3)c(=O)[nH]1. The predicted octanol–water partition coefficient (Wildman–Crippen LogP) is -2.54. The number of hydrogen-bond donors (Lipinski definition) is 19. The van der Waals surface area contributed by atoms with Crippen LogP contribution in [0.5, 0.6) is 0 Å². The highest BCUT2D eigenvalue weighted by Crippen LogP contribution is 2.61. The zero-order valence-electron chi connectivity index (χ0n) is 68.8. The lowest BCUT2D eigenvalue weighted by Crippen LogP contribution is -2.42. The Morgan fingerprint density at radius 3 is 1.35 bits per heavy atom. The fourth-order valence-corrected chi connectivity index (χ4v) is 23.3. The number of phosphoric acid groups is 4. The van der Waals surface area contributed by atoms with E-state index in [1.165, 1.54) is 62.6 Å². The summed E-state index contributed by atoms with van der Waals surface area (Å²) in [5.74, 6) is -1.11. The highest BCUT2D eigenvalue weighted by atomic mass is 32.7. The largest absolute Gasteiger partial charge is 0.472 e. The van der Waals surface area contributed by atoms with E-state index in [4.69, 9.17) is 129 Å². The second-order valence-electron chi connectivity index (χ2n) is 31.3. The molecule has 0 aliphatic carbocycles. The van der Waals surface area contributed by atoms with Gasteiger partial charge in [0.25, 0.3) is 16.7 Å². The number of anilines is 5. The maximum absolute atomic E-state index is 13.5. The number of fused-ring (bicyclic) bond motifs is 15. The Morgan fingerprint density at radius 1 is 0.419 bits per heavy atom. The van der Waals surface area contributed by atoms with E-state index < -0.39 is 241 Å². The molecule has 0 amide bonds. The molecule has 12 aromatic heterocycles. The first-order chi connectivity index (χ1) is 64.4. The first-order valence-corrected chi connectivity index (χ1v) is 51.2. The summed E-state index contributed by atoms with van der Waals surface area (Å²) in [6.07, 6.45) is -19.0.